The van der Waals surface area contributed by atoms with E-state index in [0.717, 1.165) is 13.0 Å². The topological polar surface area (TPSA) is 50.9 Å². The van der Waals surface area contributed by atoms with Crippen molar-refractivity contribution in [3.63, 3.8) is 0 Å². The summed E-state index contributed by atoms with van der Waals surface area (Å²) in [5, 5.41) is 3.54. The molecule has 2 atom stereocenters. The van der Waals surface area contributed by atoms with E-state index in [1.807, 2.05) is 6.20 Å². The number of hydrogen-bond donors (Lipinski definition) is 2. The molecule has 2 rings (SSSR count). The van der Waals surface area contributed by atoms with Gasteiger partial charge in [-0.1, -0.05) is 19.9 Å². The van der Waals surface area contributed by atoms with Gasteiger partial charge in [-0.05, 0) is 43.7 Å². The minimum absolute atomic E-state index is 0.190. The molecule has 2 unspecified atom stereocenters. The van der Waals surface area contributed by atoms with E-state index in [1.54, 1.807) is 0 Å². The molecule has 0 aromatic carbocycles. The monoisotopic (exact) mass is 233 g/mol. The van der Waals surface area contributed by atoms with Gasteiger partial charge in [-0.3, -0.25) is 0 Å². The summed E-state index contributed by atoms with van der Waals surface area (Å²) < 4.78 is 0. The molecule has 3 heteroatoms. The summed E-state index contributed by atoms with van der Waals surface area (Å²) in [4.78, 5) is 4.30. The standard InChI is InChI=1S/C14H23N3/c1-4-16-11-5-6-14(3,8-11)12-7-10(2)9-17-13(12)15/h7,9,11,16H,4-6,8H2,1-3H3,(H2,15,17). The number of hydrogen-bond acceptors (Lipinski definition) is 3. The maximum Gasteiger partial charge on any atom is 0.127 e. The predicted octanol–water partition coefficient (Wildman–Crippen LogP) is 2.39. The van der Waals surface area contributed by atoms with E-state index in [9.17, 15) is 0 Å². The van der Waals surface area contributed by atoms with Crippen LogP contribution in [0.3, 0.4) is 0 Å². The quantitative estimate of drug-likeness (QED) is 0.843. The summed E-state index contributed by atoms with van der Waals surface area (Å²) >= 11 is 0. The number of nitrogens with two attached hydrogens (primary N) is 1. The van der Waals surface area contributed by atoms with Crippen LogP contribution in [0.5, 0.6) is 0 Å². The Labute approximate surface area is 104 Å². The second-order valence-corrected chi connectivity index (χ2v) is 5.50. The molecule has 1 aliphatic carbocycles. The fraction of sp³-hybridized carbons (Fsp3) is 0.643. The van der Waals surface area contributed by atoms with Crippen LogP contribution in [-0.4, -0.2) is 17.6 Å². The Morgan fingerprint density at radius 1 is 1.59 bits per heavy atom. The molecule has 0 spiro atoms. The Morgan fingerprint density at radius 2 is 2.35 bits per heavy atom. The molecule has 1 saturated carbocycles. The van der Waals surface area contributed by atoms with Crippen LogP contribution >= 0.6 is 0 Å². The number of aryl methyl sites for hydroxylation is 1. The molecule has 0 amide bonds. The van der Waals surface area contributed by atoms with Crippen molar-refractivity contribution in [2.75, 3.05) is 12.3 Å². The van der Waals surface area contributed by atoms with Gasteiger partial charge in [-0.2, -0.15) is 0 Å². The first-order valence-corrected chi connectivity index (χ1v) is 6.51. The van der Waals surface area contributed by atoms with Crippen molar-refractivity contribution in [1.82, 2.24) is 10.3 Å². The molecular formula is C14H23N3. The molecule has 1 heterocycles. The summed E-state index contributed by atoms with van der Waals surface area (Å²) in [7, 11) is 0. The van der Waals surface area contributed by atoms with Gasteiger partial charge in [0.05, 0.1) is 0 Å². The van der Waals surface area contributed by atoms with E-state index in [0.29, 0.717) is 11.9 Å². The molecule has 94 valence electrons. The average Bonchev–Trinajstić information content (AvgIpc) is 2.66. The lowest BCUT2D eigenvalue weighted by Crippen LogP contribution is -2.29. The normalized spacial score (nSPS) is 28.5. The number of aromatic nitrogens is 1. The van der Waals surface area contributed by atoms with Crippen LogP contribution in [0.4, 0.5) is 5.82 Å². The third-order valence-electron chi connectivity index (χ3n) is 3.94. The van der Waals surface area contributed by atoms with Gasteiger partial charge in [0.25, 0.3) is 0 Å². The van der Waals surface area contributed by atoms with Gasteiger partial charge < -0.3 is 11.1 Å². The van der Waals surface area contributed by atoms with Crippen molar-refractivity contribution in [2.24, 2.45) is 0 Å². The SMILES string of the molecule is CCNC1CCC(C)(c2cc(C)cnc2N)C1. The smallest absolute Gasteiger partial charge is 0.127 e. The first-order chi connectivity index (χ1) is 8.05. The lowest BCUT2D eigenvalue weighted by Gasteiger charge is -2.26. The van der Waals surface area contributed by atoms with Gasteiger partial charge in [0.2, 0.25) is 0 Å². The highest BCUT2D eigenvalue weighted by atomic mass is 14.9. The highest BCUT2D eigenvalue weighted by Crippen LogP contribution is 2.42. The molecule has 1 aromatic heterocycles. The molecule has 1 aromatic rings. The summed E-state index contributed by atoms with van der Waals surface area (Å²) in [5.74, 6) is 0.704. The molecule has 17 heavy (non-hydrogen) atoms. The Hall–Kier alpha value is -1.09. The fourth-order valence-electron chi connectivity index (χ4n) is 3.01. The van der Waals surface area contributed by atoms with Crippen LogP contribution in [0.25, 0.3) is 0 Å². The van der Waals surface area contributed by atoms with Crippen LogP contribution in [0.2, 0.25) is 0 Å². The molecular weight excluding hydrogens is 210 g/mol. The van der Waals surface area contributed by atoms with E-state index in [4.69, 9.17) is 5.73 Å². The van der Waals surface area contributed by atoms with Crippen LogP contribution in [0.15, 0.2) is 12.3 Å². The van der Waals surface area contributed by atoms with E-state index in [-0.39, 0.29) is 5.41 Å². The van der Waals surface area contributed by atoms with Crippen LogP contribution in [-0.2, 0) is 5.41 Å². The van der Waals surface area contributed by atoms with E-state index < -0.39 is 0 Å². The largest absolute Gasteiger partial charge is 0.383 e. The summed E-state index contributed by atoms with van der Waals surface area (Å²) in [6.07, 6.45) is 5.44. The summed E-state index contributed by atoms with van der Waals surface area (Å²) in [5.41, 5.74) is 8.66. The van der Waals surface area contributed by atoms with E-state index in [1.165, 1.54) is 24.0 Å². The van der Waals surface area contributed by atoms with E-state index >= 15 is 0 Å². The van der Waals surface area contributed by atoms with Gasteiger partial charge in [0.15, 0.2) is 0 Å². The van der Waals surface area contributed by atoms with Crippen LogP contribution in [0, 0.1) is 6.92 Å². The van der Waals surface area contributed by atoms with Gasteiger partial charge in [-0.25, -0.2) is 4.98 Å². The number of rotatable bonds is 3. The van der Waals surface area contributed by atoms with Crippen molar-refractivity contribution < 1.29 is 0 Å². The second kappa shape index (κ2) is 4.65. The van der Waals surface area contributed by atoms with Gasteiger partial charge in [0.1, 0.15) is 5.82 Å². The minimum atomic E-state index is 0.190. The zero-order chi connectivity index (χ0) is 12.5. The number of nitrogen functional groups attached to an aromatic ring is 1. The van der Waals surface area contributed by atoms with Crippen LogP contribution in [0.1, 0.15) is 44.2 Å². The van der Waals surface area contributed by atoms with E-state index in [2.05, 4.69) is 37.1 Å². The summed E-state index contributed by atoms with van der Waals surface area (Å²) in [6, 6.07) is 2.83. The molecule has 3 nitrogen and oxygen atoms in total. The molecule has 0 saturated heterocycles. The van der Waals surface area contributed by atoms with Crippen molar-refractivity contribution in [2.45, 2.75) is 51.5 Å². The second-order valence-electron chi connectivity index (χ2n) is 5.50. The number of pyridine rings is 1. The molecule has 0 radical (unpaired) electrons. The zero-order valence-corrected chi connectivity index (χ0v) is 11.1. The highest BCUT2D eigenvalue weighted by Gasteiger charge is 2.37. The van der Waals surface area contributed by atoms with Crippen LogP contribution < -0.4 is 11.1 Å². The Kier molecular flexibility index (Phi) is 3.38. The molecule has 1 fully saturated rings. The first kappa shape index (κ1) is 12.4. The molecule has 0 aliphatic heterocycles. The Balaban J connectivity index is 2.24. The highest BCUT2D eigenvalue weighted by molar-refractivity contribution is 5.46. The Bertz CT molecular complexity index is 402. The maximum absolute atomic E-state index is 6.04. The number of anilines is 1. The third kappa shape index (κ3) is 2.44. The zero-order valence-electron chi connectivity index (χ0n) is 11.1. The van der Waals surface area contributed by atoms with Gasteiger partial charge >= 0.3 is 0 Å². The third-order valence-corrected chi connectivity index (χ3v) is 3.94. The van der Waals surface area contributed by atoms with Crippen molar-refractivity contribution in [3.05, 3.63) is 23.4 Å². The molecule has 1 aliphatic rings. The lowest BCUT2D eigenvalue weighted by atomic mass is 9.80. The fourth-order valence-corrected chi connectivity index (χ4v) is 3.01. The molecule has 0 bridgehead atoms. The number of nitrogens with one attached hydrogen (secondary N) is 1. The van der Waals surface area contributed by atoms with Gasteiger partial charge in [0, 0.05) is 17.8 Å². The minimum Gasteiger partial charge on any atom is -0.383 e. The Morgan fingerprint density at radius 3 is 3.06 bits per heavy atom. The predicted molar refractivity (Wildman–Crippen MR) is 72.1 cm³/mol. The first-order valence-electron chi connectivity index (χ1n) is 6.51. The number of nitrogens with zero attached hydrogens (tertiary/aromatic N) is 1. The van der Waals surface area contributed by atoms with Gasteiger partial charge in [-0.15, -0.1) is 0 Å². The molecule has 3 N–H and O–H groups in total. The maximum atomic E-state index is 6.04. The van der Waals surface area contributed by atoms with Crippen molar-refractivity contribution >= 4 is 5.82 Å². The average molecular weight is 233 g/mol. The van der Waals surface area contributed by atoms with Crippen molar-refractivity contribution in [1.29, 1.82) is 0 Å². The summed E-state index contributed by atoms with van der Waals surface area (Å²) in [6.45, 7) is 7.60. The van der Waals surface area contributed by atoms with Crippen molar-refractivity contribution in [3.8, 4) is 0 Å². The lowest BCUT2D eigenvalue weighted by molar-refractivity contribution is 0.458.